The van der Waals surface area contributed by atoms with Crippen LogP contribution in [0.2, 0.25) is 0 Å². The van der Waals surface area contributed by atoms with Gasteiger partial charge in [-0.3, -0.25) is 0 Å². The fraction of sp³-hybridized carbons (Fsp3) is 0.152. The van der Waals surface area contributed by atoms with Gasteiger partial charge in [0.15, 0.2) is 0 Å². The molecule has 0 aliphatic carbocycles. The van der Waals surface area contributed by atoms with E-state index in [0.29, 0.717) is 0 Å². The van der Waals surface area contributed by atoms with E-state index in [0.717, 1.165) is 25.9 Å². The molecular weight excluding hydrogens is 424 g/mol. The Morgan fingerprint density at radius 1 is 0.543 bits per heavy atom. The molecule has 0 fully saturated rings. The van der Waals surface area contributed by atoms with Crippen molar-refractivity contribution in [2.24, 2.45) is 0 Å². The van der Waals surface area contributed by atoms with E-state index in [9.17, 15) is 0 Å². The fourth-order valence-corrected chi connectivity index (χ4v) is 4.73. The highest BCUT2D eigenvalue weighted by Gasteiger charge is 2.22. The van der Waals surface area contributed by atoms with Crippen LogP contribution in [0, 0.1) is 0 Å². The molecule has 5 aromatic rings. The molecule has 35 heavy (non-hydrogen) atoms. The Morgan fingerprint density at radius 3 is 1.77 bits per heavy atom. The third-order valence-electron chi connectivity index (χ3n) is 6.49. The number of nitrogens with zero attached hydrogens (tertiary/aromatic N) is 2. The zero-order valence-electron chi connectivity index (χ0n) is 20.3. The average Bonchev–Trinajstić information content (AvgIpc) is 2.93. The number of benzene rings is 5. The third kappa shape index (κ3) is 5.07. The van der Waals surface area contributed by atoms with Crippen LogP contribution < -0.4 is 9.80 Å². The third-order valence-corrected chi connectivity index (χ3v) is 6.49. The predicted octanol–water partition coefficient (Wildman–Crippen LogP) is 9.12. The monoisotopic (exact) mass is 456 g/mol. The van der Waals surface area contributed by atoms with E-state index in [1.54, 1.807) is 0 Å². The Morgan fingerprint density at radius 2 is 1.11 bits per heavy atom. The van der Waals surface area contributed by atoms with Crippen molar-refractivity contribution in [3.63, 3.8) is 0 Å². The van der Waals surface area contributed by atoms with Crippen molar-refractivity contribution in [2.75, 3.05) is 16.3 Å². The molecule has 0 saturated heterocycles. The SMILES string of the molecule is CCCCN(c1ccccc1)c1ccc2ccccc2c1N(Cc1ccccc1)c1ccccc1. The summed E-state index contributed by atoms with van der Waals surface area (Å²) in [4.78, 5) is 4.97. The van der Waals surface area contributed by atoms with Crippen molar-refractivity contribution in [1.82, 2.24) is 0 Å². The molecule has 0 N–H and O–H groups in total. The summed E-state index contributed by atoms with van der Waals surface area (Å²) < 4.78 is 0. The van der Waals surface area contributed by atoms with Crippen LogP contribution in [0.25, 0.3) is 10.8 Å². The summed E-state index contributed by atoms with van der Waals surface area (Å²) in [6.07, 6.45) is 2.28. The first-order valence-corrected chi connectivity index (χ1v) is 12.6. The molecule has 0 radical (unpaired) electrons. The second-order valence-corrected chi connectivity index (χ2v) is 8.90. The molecule has 0 amide bonds. The van der Waals surface area contributed by atoms with E-state index in [1.165, 1.54) is 39.1 Å². The van der Waals surface area contributed by atoms with Crippen LogP contribution in [0.1, 0.15) is 25.3 Å². The molecule has 5 aromatic carbocycles. The number of unbranched alkanes of at least 4 members (excludes halogenated alkanes) is 1. The van der Waals surface area contributed by atoms with Gasteiger partial charge in [-0.25, -0.2) is 0 Å². The van der Waals surface area contributed by atoms with Gasteiger partial charge in [0, 0.05) is 29.9 Å². The van der Waals surface area contributed by atoms with Crippen LogP contribution >= 0.6 is 0 Å². The molecular formula is C33H32N2. The lowest BCUT2D eigenvalue weighted by Gasteiger charge is -2.34. The van der Waals surface area contributed by atoms with E-state index in [4.69, 9.17) is 0 Å². The van der Waals surface area contributed by atoms with Gasteiger partial charge in [0.25, 0.3) is 0 Å². The van der Waals surface area contributed by atoms with Gasteiger partial charge in [-0.2, -0.15) is 0 Å². The lowest BCUT2D eigenvalue weighted by molar-refractivity contribution is 0.785. The van der Waals surface area contributed by atoms with Crippen LogP contribution in [0.15, 0.2) is 127 Å². The molecule has 5 rings (SSSR count). The molecule has 0 aromatic heterocycles. The molecule has 2 heteroatoms. The normalized spacial score (nSPS) is 10.9. The smallest absolute Gasteiger partial charge is 0.0734 e. The van der Waals surface area contributed by atoms with Gasteiger partial charge in [0.1, 0.15) is 0 Å². The summed E-state index contributed by atoms with van der Waals surface area (Å²) in [7, 11) is 0. The first kappa shape index (κ1) is 22.7. The highest BCUT2D eigenvalue weighted by atomic mass is 15.2. The summed E-state index contributed by atoms with van der Waals surface area (Å²) in [5, 5.41) is 2.52. The second kappa shape index (κ2) is 10.9. The molecule has 0 aliphatic rings. The Hall–Kier alpha value is -4.04. The van der Waals surface area contributed by atoms with Crippen molar-refractivity contribution in [3.05, 3.63) is 133 Å². The van der Waals surface area contributed by atoms with Crippen LogP contribution in [0.3, 0.4) is 0 Å². The van der Waals surface area contributed by atoms with Gasteiger partial charge >= 0.3 is 0 Å². The fourth-order valence-electron chi connectivity index (χ4n) is 4.73. The Bertz CT molecular complexity index is 1350. The number of anilines is 4. The van der Waals surface area contributed by atoms with Crippen molar-refractivity contribution < 1.29 is 0 Å². The number of rotatable bonds is 9. The minimum absolute atomic E-state index is 0.794. The average molecular weight is 457 g/mol. The number of hydrogen-bond acceptors (Lipinski definition) is 2. The van der Waals surface area contributed by atoms with Crippen LogP contribution in [-0.4, -0.2) is 6.54 Å². The van der Waals surface area contributed by atoms with Crippen LogP contribution in [-0.2, 0) is 6.54 Å². The minimum Gasteiger partial charge on any atom is -0.340 e. The van der Waals surface area contributed by atoms with E-state index in [2.05, 4.69) is 144 Å². The van der Waals surface area contributed by atoms with Crippen molar-refractivity contribution in [2.45, 2.75) is 26.3 Å². The first-order valence-electron chi connectivity index (χ1n) is 12.6. The number of fused-ring (bicyclic) bond motifs is 1. The molecule has 2 nitrogen and oxygen atoms in total. The zero-order chi connectivity index (χ0) is 23.9. The molecule has 0 unspecified atom stereocenters. The molecule has 0 aliphatic heterocycles. The van der Waals surface area contributed by atoms with E-state index in [1.807, 2.05) is 0 Å². The highest BCUT2D eigenvalue weighted by Crippen LogP contribution is 2.43. The second-order valence-electron chi connectivity index (χ2n) is 8.90. The van der Waals surface area contributed by atoms with Gasteiger partial charge in [-0.05, 0) is 47.7 Å². The lowest BCUT2D eigenvalue weighted by atomic mass is 10.0. The molecule has 0 heterocycles. The van der Waals surface area contributed by atoms with E-state index >= 15 is 0 Å². The topological polar surface area (TPSA) is 6.48 Å². The minimum atomic E-state index is 0.794. The number of para-hydroxylation sites is 2. The maximum atomic E-state index is 2.49. The Kier molecular flexibility index (Phi) is 7.10. The van der Waals surface area contributed by atoms with Gasteiger partial charge in [0.2, 0.25) is 0 Å². The van der Waals surface area contributed by atoms with Gasteiger partial charge in [0.05, 0.1) is 11.4 Å². The van der Waals surface area contributed by atoms with Crippen molar-refractivity contribution in [1.29, 1.82) is 0 Å². The quantitative estimate of drug-likeness (QED) is 0.218. The largest absolute Gasteiger partial charge is 0.340 e. The van der Waals surface area contributed by atoms with Crippen LogP contribution in [0.5, 0.6) is 0 Å². The summed E-state index contributed by atoms with van der Waals surface area (Å²) >= 11 is 0. The molecule has 0 atom stereocenters. The molecule has 0 bridgehead atoms. The molecule has 0 spiro atoms. The zero-order valence-corrected chi connectivity index (χ0v) is 20.3. The van der Waals surface area contributed by atoms with Crippen molar-refractivity contribution >= 4 is 33.5 Å². The molecule has 174 valence electrons. The van der Waals surface area contributed by atoms with E-state index < -0.39 is 0 Å². The Balaban J connectivity index is 1.75. The van der Waals surface area contributed by atoms with E-state index in [-0.39, 0.29) is 0 Å². The predicted molar refractivity (Wildman–Crippen MR) is 151 cm³/mol. The lowest BCUT2D eigenvalue weighted by Crippen LogP contribution is -2.24. The standard InChI is InChI=1S/C33H32N2/c1-2-3-25-34(29-18-9-5-10-19-29)32-24-23-28-17-13-14-22-31(28)33(32)35(30-20-11-6-12-21-30)26-27-15-7-4-8-16-27/h4-24H,2-3,25-26H2,1H3. The Labute approximate surface area is 209 Å². The molecule has 0 saturated carbocycles. The highest BCUT2D eigenvalue weighted by molar-refractivity contribution is 6.03. The maximum absolute atomic E-state index is 2.49. The van der Waals surface area contributed by atoms with Crippen molar-refractivity contribution in [3.8, 4) is 0 Å². The van der Waals surface area contributed by atoms with Gasteiger partial charge in [-0.15, -0.1) is 0 Å². The van der Waals surface area contributed by atoms with Gasteiger partial charge in [-0.1, -0.05) is 110 Å². The first-order chi connectivity index (χ1) is 17.3. The van der Waals surface area contributed by atoms with Gasteiger partial charge < -0.3 is 9.80 Å². The summed E-state index contributed by atoms with van der Waals surface area (Å²) in [5.41, 5.74) is 6.19. The van der Waals surface area contributed by atoms with Crippen LogP contribution in [0.4, 0.5) is 22.7 Å². The summed E-state index contributed by atoms with van der Waals surface area (Å²) in [6, 6.07) is 45.7. The summed E-state index contributed by atoms with van der Waals surface area (Å²) in [5.74, 6) is 0. The summed E-state index contributed by atoms with van der Waals surface area (Å²) in [6.45, 7) is 4.03. The number of hydrogen-bond donors (Lipinski definition) is 0. The maximum Gasteiger partial charge on any atom is 0.0734 e.